The van der Waals surface area contributed by atoms with Crippen molar-refractivity contribution >= 4 is 85.9 Å². The van der Waals surface area contributed by atoms with Crippen LogP contribution in [0.15, 0.2) is 116 Å². The third-order valence-electron chi connectivity index (χ3n) is 12.6. The van der Waals surface area contributed by atoms with E-state index in [1.165, 1.54) is 6.07 Å². The zero-order valence-electron chi connectivity index (χ0n) is 40.4. The van der Waals surface area contributed by atoms with Crippen LogP contribution in [-0.4, -0.2) is 104 Å². The van der Waals surface area contributed by atoms with Gasteiger partial charge in [-0.15, -0.1) is 0 Å². The molecular formula is C47H57ClN3NaO14S4. The molecule has 0 bridgehead atoms. The van der Waals surface area contributed by atoms with E-state index >= 15 is 0 Å². The minimum absolute atomic E-state index is 0. The van der Waals surface area contributed by atoms with Crippen molar-refractivity contribution in [1.82, 2.24) is 4.90 Å². The van der Waals surface area contributed by atoms with Gasteiger partial charge < -0.3 is 16.3 Å². The zero-order chi connectivity index (χ0) is 50.9. The van der Waals surface area contributed by atoms with Gasteiger partial charge in [-0.05, 0) is 103 Å². The second-order valence-corrected chi connectivity index (χ2v) is 24.8. The van der Waals surface area contributed by atoms with E-state index in [4.69, 9.17) is 16.6 Å². The Morgan fingerprint density at radius 3 is 2.09 bits per heavy atom. The number of benzene rings is 3. The predicted molar refractivity (Wildman–Crippen MR) is 267 cm³/mol. The molecule has 0 aromatic heterocycles. The molecule has 23 heteroatoms. The Bertz CT molecular complexity index is 3210. The number of allylic oxidation sites excluding steroid dienone is 7. The quantitative estimate of drug-likeness (QED) is 0.0390. The number of nitrogens with zero attached hydrogens (tertiary/aromatic N) is 3. The number of carbonyl (C=O) groups is 1. The largest absolute Gasteiger partial charge is 1.00 e. The predicted octanol–water partition coefficient (Wildman–Crippen LogP) is 5.33. The summed E-state index contributed by atoms with van der Waals surface area (Å²) >= 11 is 6.61. The van der Waals surface area contributed by atoms with Gasteiger partial charge in [0.15, 0.2) is 0 Å². The number of carboxylic acids is 1. The Hall–Kier alpha value is -3.71. The molecule has 1 atom stereocenters. The number of carboxylic acid groups (broad SMARTS) is 1. The van der Waals surface area contributed by atoms with Crippen molar-refractivity contribution < 1.29 is 92.8 Å². The Balaban J connectivity index is 0.00000548. The summed E-state index contributed by atoms with van der Waals surface area (Å²) in [7, 11) is -18.4. The van der Waals surface area contributed by atoms with E-state index in [0.717, 1.165) is 22.8 Å². The first kappa shape index (κ1) is 57.2. The molecule has 3 aromatic rings. The summed E-state index contributed by atoms with van der Waals surface area (Å²) in [6, 6.07) is 12.1. The molecule has 0 fully saturated rings. The van der Waals surface area contributed by atoms with Crippen LogP contribution in [0.4, 0.5) is 5.69 Å². The summed E-state index contributed by atoms with van der Waals surface area (Å²) in [5, 5.41) is 9.79. The van der Waals surface area contributed by atoms with E-state index in [9.17, 15) is 61.8 Å². The van der Waals surface area contributed by atoms with Crippen LogP contribution in [-0.2, 0) is 57.1 Å². The van der Waals surface area contributed by atoms with Crippen molar-refractivity contribution in [1.29, 1.82) is 0 Å². The van der Waals surface area contributed by atoms with Gasteiger partial charge in [-0.1, -0.05) is 87.9 Å². The smallest absolute Gasteiger partial charge is 1.00 e. The standard InChI is InChI=1S/C47H56ClN3O14S4.Na.H/c1-46(2)38-27-34(48)30-50(22-7-9-24-66(54,55)56)45(38)49-41(46)20-16-32(33-14-11-13-31(26-33)12-5-6-15-43(52)53)17-21-42-47(3,4)44-37-28-35(68(60,61)62)29-40(69(63,64)65)36(37)18-19-39(44)51(42)23-8-10-25-67(57,58)59;;/h11,13-14,16-21,26-30,42H,5-10,12,15,22-25H2,1-4H3,(H,52,53)(H,54,55,56)(H,57,58,59)(H,60,61,62)(H,63,64,65);;/q;+1;-1. The number of hydrogen-bond donors (Lipinski definition) is 5. The van der Waals surface area contributed by atoms with E-state index in [1.807, 2.05) is 92.1 Å². The summed E-state index contributed by atoms with van der Waals surface area (Å²) in [5.74, 6) is -1.13. The molecule has 3 aromatic carbocycles. The van der Waals surface area contributed by atoms with Crippen molar-refractivity contribution in [2.24, 2.45) is 10.4 Å². The normalized spacial score (nSPS) is 18.7. The number of halogens is 1. The minimum atomic E-state index is -5.01. The van der Waals surface area contributed by atoms with E-state index in [2.05, 4.69) is 0 Å². The molecule has 0 radical (unpaired) electrons. The number of aliphatic imine (C=N–C) groups is 1. The molecule has 0 amide bonds. The van der Waals surface area contributed by atoms with Crippen molar-refractivity contribution in [3.63, 3.8) is 0 Å². The number of hydrogen-bond acceptors (Lipinski definition) is 12. The van der Waals surface area contributed by atoms with Crippen LogP contribution < -0.4 is 34.5 Å². The molecule has 6 rings (SSSR count). The number of aliphatic carboxylic acids is 1. The molecule has 70 heavy (non-hydrogen) atoms. The molecule has 0 aliphatic carbocycles. The van der Waals surface area contributed by atoms with Crippen molar-refractivity contribution in [3.05, 3.63) is 118 Å². The summed E-state index contributed by atoms with van der Waals surface area (Å²) < 4.78 is 136. The molecule has 0 saturated heterocycles. The number of fused-ring (bicyclic) bond motifs is 4. The molecule has 3 heterocycles. The Labute approximate surface area is 438 Å². The van der Waals surface area contributed by atoms with E-state index in [1.54, 1.807) is 12.3 Å². The van der Waals surface area contributed by atoms with Gasteiger partial charge in [0.25, 0.3) is 40.5 Å². The van der Waals surface area contributed by atoms with Crippen LogP contribution >= 0.6 is 11.6 Å². The third kappa shape index (κ3) is 13.9. The van der Waals surface area contributed by atoms with Crippen LogP contribution in [0.5, 0.6) is 0 Å². The Morgan fingerprint density at radius 1 is 0.814 bits per heavy atom. The fourth-order valence-corrected chi connectivity index (χ4v) is 11.9. The first-order valence-electron chi connectivity index (χ1n) is 22.1. The summed E-state index contributed by atoms with van der Waals surface area (Å²) in [4.78, 5) is 18.6. The second kappa shape index (κ2) is 22.2. The van der Waals surface area contributed by atoms with Crippen LogP contribution in [0, 0.1) is 5.41 Å². The molecule has 376 valence electrons. The average Bonchev–Trinajstić information content (AvgIpc) is 3.61. The monoisotopic (exact) mass is 1070 g/mol. The number of rotatable bonds is 21. The summed E-state index contributed by atoms with van der Waals surface area (Å²) in [6.07, 6.45) is 13.9. The first-order valence-corrected chi connectivity index (χ1v) is 28.6. The van der Waals surface area contributed by atoms with Crippen molar-refractivity contribution in [2.45, 2.75) is 100 Å². The average molecular weight is 1070 g/mol. The van der Waals surface area contributed by atoms with Crippen LogP contribution in [0.2, 0.25) is 0 Å². The molecule has 0 spiro atoms. The third-order valence-corrected chi connectivity index (χ3v) is 16.2. The Kier molecular flexibility index (Phi) is 18.1. The van der Waals surface area contributed by atoms with E-state index < -0.39 is 78.9 Å². The van der Waals surface area contributed by atoms with Crippen molar-refractivity contribution in [2.75, 3.05) is 29.5 Å². The molecule has 17 nitrogen and oxygen atoms in total. The second-order valence-electron chi connectivity index (χ2n) is 18.4. The molecule has 0 saturated carbocycles. The van der Waals surface area contributed by atoms with Gasteiger partial charge in [-0.2, -0.15) is 33.7 Å². The van der Waals surface area contributed by atoms with Gasteiger partial charge in [0.2, 0.25) is 0 Å². The van der Waals surface area contributed by atoms with Crippen LogP contribution in [0.3, 0.4) is 0 Å². The minimum Gasteiger partial charge on any atom is -1.00 e. The number of aryl methyl sites for hydroxylation is 1. The number of anilines is 1. The van der Waals surface area contributed by atoms with Crippen LogP contribution in [0.25, 0.3) is 16.3 Å². The molecule has 3 aliphatic rings. The van der Waals surface area contributed by atoms with E-state index in [-0.39, 0.29) is 79.7 Å². The van der Waals surface area contributed by atoms with Gasteiger partial charge in [-0.3, -0.25) is 23.0 Å². The van der Waals surface area contributed by atoms with E-state index in [0.29, 0.717) is 71.7 Å². The van der Waals surface area contributed by atoms with Crippen LogP contribution in [0.1, 0.15) is 90.8 Å². The maximum Gasteiger partial charge on any atom is 1.00 e. The van der Waals surface area contributed by atoms with Gasteiger partial charge in [0.1, 0.15) is 10.7 Å². The molecule has 5 N–H and O–H groups in total. The SMILES string of the molecule is CC1(C)C(=CC=C(C=CC2N(CCCCS(=O)(=O)O)c3ccc4c(S(=O)(=O)O)cc(S(=O)(=O)O)cc4c3C2(C)C)c2cccc(CCCCC(=O)O)c2)N=C2C1=CC(Cl)=CN2CCCCS(=O)(=O)O.[H-].[Na+]. The maximum atomic E-state index is 12.7. The molecule has 3 aliphatic heterocycles. The molecule has 1 unspecified atom stereocenters. The Morgan fingerprint density at radius 2 is 1.47 bits per heavy atom. The van der Waals surface area contributed by atoms with Gasteiger partial charge in [0, 0.05) is 53.2 Å². The van der Waals surface area contributed by atoms with Gasteiger partial charge >= 0.3 is 35.5 Å². The number of amidine groups is 1. The summed E-state index contributed by atoms with van der Waals surface area (Å²) in [6.45, 7) is 8.34. The fraction of sp³-hybridized carbons (Fsp3) is 0.404. The zero-order valence-corrected chi connectivity index (χ0v) is 45.4. The molecular weight excluding hydrogens is 1020 g/mol. The maximum absolute atomic E-state index is 12.7. The first-order chi connectivity index (χ1) is 32.0. The van der Waals surface area contributed by atoms with Gasteiger partial charge in [-0.25, -0.2) is 4.99 Å². The number of unbranched alkanes of at least 4 members (excludes halogenated alkanes) is 3. The van der Waals surface area contributed by atoms with Gasteiger partial charge in [0.05, 0.1) is 33.2 Å². The fourth-order valence-electron chi connectivity index (χ4n) is 9.19. The summed E-state index contributed by atoms with van der Waals surface area (Å²) in [5.41, 5.74) is 3.36. The van der Waals surface area contributed by atoms with Crippen molar-refractivity contribution in [3.8, 4) is 0 Å². The topological polar surface area (TPSA) is 274 Å².